The third-order valence-corrected chi connectivity index (χ3v) is 6.83. The Balaban J connectivity index is 1.65. The fourth-order valence-corrected chi connectivity index (χ4v) is 5.35. The monoisotopic (exact) mass is 397 g/mol. The lowest BCUT2D eigenvalue weighted by Gasteiger charge is -2.15. The lowest BCUT2D eigenvalue weighted by Crippen LogP contribution is -2.13. The number of nitrogens with zero attached hydrogens (tertiary/aromatic N) is 3. The van der Waals surface area contributed by atoms with Gasteiger partial charge in [0, 0.05) is 38.0 Å². The molecule has 7 heteroatoms. The highest BCUT2D eigenvalue weighted by molar-refractivity contribution is 7.91. The van der Waals surface area contributed by atoms with Crippen LogP contribution in [-0.2, 0) is 9.84 Å². The van der Waals surface area contributed by atoms with Gasteiger partial charge in [-0.3, -0.25) is 0 Å². The number of hydrogen-bond donors (Lipinski definition) is 0. The molecule has 146 valence electrons. The predicted octanol–water partition coefficient (Wildman–Crippen LogP) is 3.18. The van der Waals surface area contributed by atoms with Gasteiger partial charge in [-0.15, -0.1) is 0 Å². The van der Waals surface area contributed by atoms with Gasteiger partial charge in [0.15, 0.2) is 9.84 Å². The molecule has 3 aromatic rings. The highest BCUT2D eigenvalue weighted by Gasteiger charge is 2.28. The Kier molecular flexibility index (Phi) is 4.93. The van der Waals surface area contributed by atoms with Gasteiger partial charge in [-0.1, -0.05) is 24.3 Å². The summed E-state index contributed by atoms with van der Waals surface area (Å²) in [5, 5.41) is 2.16. The fraction of sp³-hybridized carbons (Fsp3) is 0.333. The van der Waals surface area contributed by atoms with Gasteiger partial charge in [0.1, 0.15) is 5.75 Å². The summed E-state index contributed by atoms with van der Waals surface area (Å²) in [6.45, 7) is 0.410. The smallest absolute Gasteiger partial charge is 0.224 e. The summed E-state index contributed by atoms with van der Waals surface area (Å²) in [4.78, 5) is 10.7. The van der Waals surface area contributed by atoms with Crippen LogP contribution in [0.15, 0.2) is 48.8 Å². The zero-order valence-electron chi connectivity index (χ0n) is 16.0. The second-order valence-corrected chi connectivity index (χ2v) is 9.67. The maximum atomic E-state index is 11.7. The molecule has 2 aromatic carbocycles. The van der Waals surface area contributed by atoms with Crippen LogP contribution in [0.2, 0.25) is 0 Å². The van der Waals surface area contributed by atoms with Crippen LogP contribution in [0.25, 0.3) is 21.9 Å². The average molecular weight is 398 g/mol. The topological polar surface area (TPSA) is 72.4 Å². The number of fused-ring (bicyclic) bond motifs is 1. The first-order chi connectivity index (χ1) is 13.4. The van der Waals surface area contributed by atoms with Crippen LogP contribution in [0.5, 0.6) is 5.75 Å². The second-order valence-electron chi connectivity index (χ2n) is 7.44. The van der Waals surface area contributed by atoms with Gasteiger partial charge >= 0.3 is 0 Å². The van der Waals surface area contributed by atoms with E-state index in [-0.39, 0.29) is 17.4 Å². The van der Waals surface area contributed by atoms with Crippen molar-refractivity contribution in [3.8, 4) is 16.9 Å². The van der Waals surface area contributed by atoms with Crippen LogP contribution < -0.4 is 9.64 Å². The molecule has 28 heavy (non-hydrogen) atoms. The molecular weight excluding hydrogens is 374 g/mol. The zero-order valence-corrected chi connectivity index (χ0v) is 16.8. The molecule has 1 aromatic heterocycles. The number of sulfone groups is 1. The van der Waals surface area contributed by atoms with Gasteiger partial charge in [0.05, 0.1) is 18.1 Å². The van der Waals surface area contributed by atoms with E-state index in [4.69, 9.17) is 4.74 Å². The molecule has 1 aliphatic rings. The van der Waals surface area contributed by atoms with Crippen molar-refractivity contribution in [1.82, 2.24) is 9.97 Å². The Morgan fingerprint density at radius 3 is 2.57 bits per heavy atom. The zero-order chi connectivity index (χ0) is 19.7. The minimum Gasteiger partial charge on any atom is -0.493 e. The van der Waals surface area contributed by atoms with Crippen LogP contribution >= 0.6 is 0 Å². The third-order valence-electron chi connectivity index (χ3n) is 5.00. The lowest BCUT2D eigenvalue weighted by molar-refractivity contribution is 0.264. The maximum absolute atomic E-state index is 11.7. The SMILES string of the molecule is CN(C)c1ncc(-c2cc(OCC3CCS(=O)(=O)C3)cc3ccccc23)cn1. The van der Waals surface area contributed by atoms with E-state index in [9.17, 15) is 8.42 Å². The second kappa shape index (κ2) is 7.39. The van der Waals surface area contributed by atoms with Crippen molar-refractivity contribution in [3.63, 3.8) is 0 Å². The summed E-state index contributed by atoms with van der Waals surface area (Å²) in [5.41, 5.74) is 1.91. The Morgan fingerprint density at radius 1 is 1.14 bits per heavy atom. The molecule has 1 saturated heterocycles. The van der Waals surface area contributed by atoms with E-state index in [2.05, 4.69) is 16.0 Å². The fourth-order valence-electron chi connectivity index (χ4n) is 3.51. The molecule has 1 atom stereocenters. The summed E-state index contributed by atoms with van der Waals surface area (Å²) in [5.74, 6) is 1.92. The molecule has 1 unspecified atom stereocenters. The summed E-state index contributed by atoms with van der Waals surface area (Å²) in [6, 6.07) is 12.1. The van der Waals surface area contributed by atoms with E-state index in [1.165, 1.54) is 0 Å². The van der Waals surface area contributed by atoms with Crippen LogP contribution in [0.3, 0.4) is 0 Å². The van der Waals surface area contributed by atoms with Gasteiger partial charge in [-0.25, -0.2) is 18.4 Å². The first kappa shape index (κ1) is 18.7. The Morgan fingerprint density at radius 2 is 1.89 bits per heavy atom. The Hall–Kier alpha value is -2.67. The standard InChI is InChI=1S/C21H23N3O3S/c1-24(2)21-22-11-17(12-23-21)20-10-18(9-16-5-3-4-6-19(16)20)27-13-15-7-8-28(25,26)14-15/h3-6,9-12,15H,7-8,13-14H2,1-2H3. The third kappa shape index (κ3) is 3.94. The molecule has 1 fully saturated rings. The van der Waals surface area contributed by atoms with Crippen molar-refractivity contribution in [1.29, 1.82) is 0 Å². The van der Waals surface area contributed by atoms with Crippen molar-refractivity contribution in [2.75, 3.05) is 37.1 Å². The number of ether oxygens (including phenoxy) is 1. The molecule has 0 bridgehead atoms. The van der Waals surface area contributed by atoms with Crippen LogP contribution in [0.4, 0.5) is 5.95 Å². The van der Waals surface area contributed by atoms with Crippen molar-refractivity contribution < 1.29 is 13.2 Å². The number of benzene rings is 2. The highest BCUT2D eigenvalue weighted by atomic mass is 32.2. The number of anilines is 1. The largest absolute Gasteiger partial charge is 0.493 e. The van der Waals surface area contributed by atoms with Gasteiger partial charge in [-0.2, -0.15) is 0 Å². The highest BCUT2D eigenvalue weighted by Crippen LogP contribution is 2.33. The van der Waals surface area contributed by atoms with Crippen LogP contribution in [-0.4, -0.2) is 50.6 Å². The summed E-state index contributed by atoms with van der Waals surface area (Å²) in [6.07, 6.45) is 4.30. The van der Waals surface area contributed by atoms with E-state index in [0.717, 1.165) is 27.6 Å². The Bertz CT molecular complexity index is 1100. The first-order valence-electron chi connectivity index (χ1n) is 9.27. The molecule has 0 N–H and O–H groups in total. The lowest BCUT2D eigenvalue weighted by atomic mass is 10.00. The van der Waals surface area contributed by atoms with E-state index in [0.29, 0.717) is 19.0 Å². The normalized spacial score (nSPS) is 18.3. The predicted molar refractivity (Wildman–Crippen MR) is 112 cm³/mol. The number of aromatic nitrogens is 2. The van der Waals surface area contributed by atoms with Crippen molar-refractivity contribution >= 4 is 26.6 Å². The molecule has 0 aliphatic carbocycles. The maximum Gasteiger partial charge on any atom is 0.224 e. The Labute approximate surface area is 165 Å². The molecule has 6 nitrogen and oxygen atoms in total. The minimum atomic E-state index is -2.90. The summed E-state index contributed by atoms with van der Waals surface area (Å²) >= 11 is 0. The molecule has 1 aliphatic heterocycles. The molecule has 0 radical (unpaired) electrons. The molecule has 0 spiro atoms. The van der Waals surface area contributed by atoms with E-state index in [1.54, 1.807) is 0 Å². The van der Waals surface area contributed by atoms with Crippen molar-refractivity contribution in [2.45, 2.75) is 6.42 Å². The minimum absolute atomic E-state index is 0.0580. The van der Waals surface area contributed by atoms with Crippen LogP contribution in [0.1, 0.15) is 6.42 Å². The van der Waals surface area contributed by atoms with Crippen molar-refractivity contribution in [3.05, 3.63) is 48.8 Å². The van der Waals surface area contributed by atoms with E-state index >= 15 is 0 Å². The average Bonchev–Trinajstić information content (AvgIpc) is 3.04. The van der Waals surface area contributed by atoms with Crippen molar-refractivity contribution in [2.24, 2.45) is 5.92 Å². The number of hydrogen-bond acceptors (Lipinski definition) is 6. The first-order valence-corrected chi connectivity index (χ1v) is 11.1. The van der Waals surface area contributed by atoms with Gasteiger partial charge in [0.25, 0.3) is 0 Å². The van der Waals surface area contributed by atoms with Gasteiger partial charge < -0.3 is 9.64 Å². The number of rotatable bonds is 5. The van der Waals surface area contributed by atoms with E-state index < -0.39 is 9.84 Å². The molecule has 4 rings (SSSR count). The summed E-state index contributed by atoms with van der Waals surface area (Å²) in [7, 11) is 0.912. The van der Waals surface area contributed by atoms with E-state index in [1.807, 2.05) is 61.7 Å². The van der Waals surface area contributed by atoms with Gasteiger partial charge in [0.2, 0.25) is 5.95 Å². The quantitative estimate of drug-likeness (QED) is 0.658. The summed E-state index contributed by atoms with van der Waals surface area (Å²) < 4.78 is 29.3. The molecule has 0 amide bonds. The van der Waals surface area contributed by atoms with Crippen LogP contribution in [0, 0.1) is 5.92 Å². The molecule has 2 heterocycles. The molecular formula is C21H23N3O3S. The molecule has 0 saturated carbocycles. The van der Waals surface area contributed by atoms with Gasteiger partial charge in [-0.05, 0) is 34.9 Å².